The summed E-state index contributed by atoms with van der Waals surface area (Å²) in [4.78, 5) is 8.85. The fraction of sp³-hybridized carbons (Fsp3) is 0.217. The molecule has 5 heteroatoms. The second-order valence-corrected chi connectivity index (χ2v) is 7.27. The Balaban J connectivity index is 1.78. The van der Waals surface area contributed by atoms with Crippen molar-refractivity contribution in [2.45, 2.75) is 25.0 Å². The lowest BCUT2D eigenvalue weighted by molar-refractivity contribution is 0.389. The van der Waals surface area contributed by atoms with Crippen LogP contribution in [0, 0.1) is 0 Å². The van der Waals surface area contributed by atoms with Crippen LogP contribution < -0.4 is 16.2 Å². The zero-order valence-corrected chi connectivity index (χ0v) is 16.1. The lowest BCUT2D eigenvalue weighted by atomic mass is 9.85. The van der Waals surface area contributed by atoms with Gasteiger partial charge in [-0.05, 0) is 41.6 Å². The predicted octanol–water partition coefficient (Wildman–Crippen LogP) is 3.47. The molecule has 0 saturated heterocycles. The Bertz CT molecular complexity index is 1080. The van der Waals surface area contributed by atoms with E-state index in [0.717, 1.165) is 38.9 Å². The Morgan fingerprint density at radius 1 is 1.14 bits per heavy atom. The number of hydrogen-bond donors (Lipinski definition) is 2. The van der Waals surface area contributed by atoms with Gasteiger partial charge in [-0.15, -0.1) is 0 Å². The van der Waals surface area contributed by atoms with Gasteiger partial charge in [0.05, 0.1) is 12.6 Å². The minimum Gasteiger partial charge on any atom is -0.496 e. The summed E-state index contributed by atoms with van der Waals surface area (Å²) >= 11 is 0. The SMILES string of the molecule is COc1ccc(-c2cncc3ccccc23)cc1CC1(N)C=CC(C)=NC1N. The van der Waals surface area contributed by atoms with Crippen molar-refractivity contribution in [2.24, 2.45) is 16.5 Å². The number of nitrogens with two attached hydrogens (primary N) is 2. The number of rotatable bonds is 4. The van der Waals surface area contributed by atoms with Gasteiger partial charge in [-0.1, -0.05) is 36.4 Å². The Labute approximate surface area is 164 Å². The molecule has 0 aliphatic carbocycles. The maximum Gasteiger partial charge on any atom is 0.122 e. The maximum absolute atomic E-state index is 6.61. The molecule has 2 atom stereocenters. The molecule has 0 spiro atoms. The molecule has 2 aromatic carbocycles. The lowest BCUT2D eigenvalue weighted by Gasteiger charge is -2.33. The number of hydrogen-bond acceptors (Lipinski definition) is 5. The van der Waals surface area contributed by atoms with Crippen LogP contribution >= 0.6 is 0 Å². The molecule has 3 aromatic rings. The van der Waals surface area contributed by atoms with Gasteiger partial charge in [0, 0.05) is 35.5 Å². The third-order valence-electron chi connectivity index (χ3n) is 5.28. The van der Waals surface area contributed by atoms with Crippen LogP contribution in [-0.2, 0) is 6.42 Å². The van der Waals surface area contributed by atoms with Gasteiger partial charge in [-0.25, -0.2) is 0 Å². The minimum absolute atomic E-state index is 0.495. The first kappa shape index (κ1) is 18.3. The Morgan fingerprint density at radius 3 is 2.75 bits per heavy atom. The molecule has 0 bridgehead atoms. The first-order valence-corrected chi connectivity index (χ1v) is 9.28. The smallest absolute Gasteiger partial charge is 0.122 e. The molecule has 2 heterocycles. The van der Waals surface area contributed by atoms with Gasteiger partial charge in [0.15, 0.2) is 0 Å². The average Bonchev–Trinajstić information content (AvgIpc) is 2.71. The van der Waals surface area contributed by atoms with Crippen molar-refractivity contribution in [2.75, 3.05) is 7.11 Å². The van der Waals surface area contributed by atoms with Crippen molar-refractivity contribution in [1.82, 2.24) is 4.98 Å². The first-order chi connectivity index (χ1) is 13.5. The van der Waals surface area contributed by atoms with Crippen LogP contribution in [0.3, 0.4) is 0 Å². The van der Waals surface area contributed by atoms with Gasteiger partial charge < -0.3 is 16.2 Å². The van der Waals surface area contributed by atoms with Crippen molar-refractivity contribution in [3.05, 3.63) is 72.6 Å². The third kappa shape index (κ3) is 3.30. The zero-order chi connectivity index (χ0) is 19.7. The van der Waals surface area contributed by atoms with E-state index in [1.54, 1.807) is 7.11 Å². The number of aliphatic imine (C=N–C) groups is 1. The first-order valence-electron chi connectivity index (χ1n) is 9.28. The summed E-state index contributed by atoms with van der Waals surface area (Å²) in [6.07, 6.45) is 7.68. The molecule has 2 unspecified atom stereocenters. The molecule has 0 fully saturated rings. The number of benzene rings is 2. The van der Waals surface area contributed by atoms with E-state index < -0.39 is 11.7 Å². The highest BCUT2D eigenvalue weighted by Gasteiger charge is 2.33. The van der Waals surface area contributed by atoms with Crippen molar-refractivity contribution in [1.29, 1.82) is 0 Å². The van der Waals surface area contributed by atoms with Gasteiger partial charge in [-0.2, -0.15) is 0 Å². The molecule has 4 N–H and O–H groups in total. The van der Waals surface area contributed by atoms with Gasteiger partial charge in [0.25, 0.3) is 0 Å². The van der Waals surface area contributed by atoms with Crippen molar-refractivity contribution in [3.8, 4) is 16.9 Å². The van der Waals surface area contributed by atoms with E-state index in [1.807, 2.05) is 55.7 Å². The Morgan fingerprint density at radius 2 is 1.96 bits per heavy atom. The number of fused-ring (bicyclic) bond motifs is 1. The summed E-state index contributed by atoms with van der Waals surface area (Å²) in [5.41, 5.74) is 16.1. The van der Waals surface area contributed by atoms with E-state index in [-0.39, 0.29) is 0 Å². The van der Waals surface area contributed by atoms with Crippen LogP contribution in [0.5, 0.6) is 5.75 Å². The minimum atomic E-state index is -0.761. The van der Waals surface area contributed by atoms with Gasteiger partial charge in [0.1, 0.15) is 11.9 Å². The molecular weight excluding hydrogens is 348 g/mol. The molecule has 1 aliphatic heterocycles. The highest BCUT2D eigenvalue weighted by Crippen LogP contribution is 2.33. The van der Waals surface area contributed by atoms with Crippen LogP contribution in [-0.4, -0.2) is 29.5 Å². The number of dihydropyridines is 1. The van der Waals surface area contributed by atoms with Crippen molar-refractivity contribution < 1.29 is 4.74 Å². The average molecular weight is 372 g/mol. The molecule has 0 amide bonds. The summed E-state index contributed by atoms with van der Waals surface area (Å²) < 4.78 is 5.59. The van der Waals surface area contributed by atoms with E-state index in [2.05, 4.69) is 28.2 Å². The molecule has 4 rings (SSSR count). The second-order valence-electron chi connectivity index (χ2n) is 7.27. The van der Waals surface area contributed by atoms with Crippen LogP contribution in [0.2, 0.25) is 0 Å². The largest absolute Gasteiger partial charge is 0.496 e. The second kappa shape index (κ2) is 7.19. The van der Waals surface area contributed by atoms with E-state index in [4.69, 9.17) is 16.2 Å². The highest BCUT2D eigenvalue weighted by atomic mass is 16.5. The summed E-state index contributed by atoms with van der Waals surface area (Å²) in [6, 6.07) is 14.4. The monoisotopic (exact) mass is 372 g/mol. The summed E-state index contributed by atoms with van der Waals surface area (Å²) in [7, 11) is 1.67. The molecule has 28 heavy (non-hydrogen) atoms. The number of allylic oxidation sites excluding steroid dienone is 1. The molecule has 0 radical (unpaired) electrons. The number of aromatic nitrogens is 1. The van der Waals surface area contributed by atoms with E-state index in [1.165, 1.54) is 0 Å². The van der Waals surface area contributed by atoms with Crippen LogP contribution in [0.4, 0.5) is 0 Å². The summed E-state index contributed by atoms with van der Waals surface area (Å²) in [5.74, 6) is 0.786. The van der Waals surface area contributed by atoms with Crippen LogP contribution in [0.25, 0.3) is 21.9 Å². The fourth-order valence-electron chi connectivity index (χ4n) is 3.68. The van der Waals surface area contributed by atoms with Gasteiger partial charge in [0.2, 0.25) is 0 Å². The summed E-state index contributed by atoms with van der Waals surface area (Å²) in [6.45, 7) is 1.92. The third-order valence-corrected chi connectivity index (χ3v) is 5.28. The molecule has 5 nitrogen and oxygen atoms in total. The number of methoxy groups -OCH3 is 1. The molecule has 1 aromatic heterocycles. The fourth-order valence-corrected chi connectivity index (χ4v) is 3.68. The van der Waals surface area contributed by atoms with Crippen molar-refractivity contribution in [3.63, 3.8) is 0 Å². The Kier molecular flexibility index (Phi) is 4.71. The normalized spacial score (nSPS) is 21.6. The number of pyridine rings is 1. The summed E-state index contributed by atoms with van der Waals surface area (Å²) in [5, 5.41) is 2.26. The Hall–Kier alpha value is -3.02. The van der Waals surface area contributed by atoms with Gasteiger partial charge in [-0.3, -0.25) is 9.98 Å². The molecule has 1 aliphatic rings. The lowest BCUT2D eigenvalue weighted by Crippen LogP contribution is -2.56. The van der Waals surface area contributed by atoms with E-state index >= 15 is 0 Å². The number of ether oxygens (including phenoxy) is 1. The highest BCUT2D eigenvalue weighted by molar-refractivity contribution is 5.96. The predicted molar refractivity (Wildman–Crippen MR) is 115 cm³/mol. The topological polar surface area (TPSA) is 86.5 Å². The van der Waals surface area contributed by atoms with Crippen LogP contribution in [0.1, 0.15) is 12.5 Å². The maximum atomic E-state index is 6.61. The van der Waals surface area contributed by atoms with Crippen LogP contribution in [0.15, 0.2) is 72.0 Å². The number of nitrogens with zero attached hydrogens (tertiary/aromatic N) is 2. The molecule has 0 saturated carbocycles. The van der Waals surface area contributed by atoms with Crippen molar-refractivity contribution >= 4 is 16.5 Å². The van der Waals surface area contributed by atoms with E-state index in [9.17, 15) is 0 Å². The molecule has 142 valence electrons. The molecular formula is C23H24N4O. The quantitative estimate of drug-likeness (QED) is 0.734. The van der Waals surface area contributed by atoms with E-state index in [0.29, 0.717) is 6.42 Å². The van der Waals surface area contributed by atoms with Gasteiger partial charge >= 0.3 is 0 Å². The standard InChI is InChI=1S/C23H24N4O/c1-15-9-10-23(25,22(24)27-15)12-18-11-16(7-8-21(18)28-2)20-14-26-13-17-5-3-4-6-19(17)20/h3-11,13-14,22H,12,24-25H2,1-2H3. The zero-order valence-electron chi connectivity index (χ0n) is 16.1.